The lowest BCUT2D eigenvalue weighted by atomic mass is 10.1. The summed E-state index contributed by atoms with van der Waals surface area (Å²) in [6.07, 6.45) is 3.38. The number of rotatable bonds is 5. The van der Waals surface area contributed by atoms with Gasteiger partial charge in [-0.3, -0.25) is 4.68 Å². The zero-order chi connectivity index (χ0) is 16.2. The molecule has 0 radical (unpaired) electrons. The van der Waals surface area contributed by atoms with E-state index >= 15 is 0 Å². The molecule has 0 bridgehead atoms. The van der Waals surface area contributed by atoms with E-state index in [1.807, 2.05) is 37.3 Å². The van der Waals surface area contributed by atoms with Crippen LogP contribution in [-0.2, 0) is 16.1 Å². The van der Waals surface area contributed by atoms with Gasteiger partial charge in [-0.25, -0.2) is 4.79 Å². The number of esters is 1. The first kappa shape index (κ1) is 15.0. The Bertz CT molecular complexity index is 759. The number of ether oxygens (including phenoxy) is 1. The van der Waals surface area contributed by atoms with E-state index in [9.17, 15) is 4.79 Å². The minimum atomic E-state index is -0.619. The molecule has 0 amide bonds. The summed E-state index contributed by atoms with van der Waals surface area (Å²) < 4.78 is 12.2. The van der Waals surface area contributed by atoms with E-state index < -0.39 is 6.04 Å². The fourth-order valence-corrected chi connectivity index (χ4v) is 2.40. The van der Waals surface area contributed by atoms with Crippen LogP contribution in [0.15, 0.2) is 53.3 Å². The van der Waals surface area contributed by atoms with E-state index in [4.69, 9.17) is 9.26 Å². The predicted molar refractivity (Wildman–Crippen MR) is 82.6 cm³/mol. The Balaban J connectivity index is 1.82. The number of aryl methyl sites for hydroxylation is 2. The maximum Gasteiger partial charge on any atom is 0.335 e. The average molecular weight is 311 g/mol. The first-order valence-corrected chi connectivity index (χ1v) is 7.29. The van der Waals surface area contributed by atoms with Crippen LogP contribution in [0.25, 0.3) is 0 Å². The van der Waals surface area contributed by atoms with Crippen LogP contribution in [0.3, 0.4) is 0 Å². The molecule has 2 heterocycles. The fourth-order valence-electron chi connectivity index (χ4n) is 2.40. The van der Waals surface area contributed by atoms with E-state index in [-0.39, 0.29) is 12.6 Å². The van der Waals surface area contributed by atoms with Crippen LogP contribution in [0.4, 0.5) is 0 Å². The van der Waals surface area contributed by atoms with E-state index in [1.54, 1.807) is 30.1 Å². The van der Waals surface area contributed by atoms with Gasteiger partial charge in [0.15, 0.2) is 6.04 Å². The van der Waals surface area contributed by atoms with Gasteiger partial charge < -0.3 is 9.26 Å². The molecule has 0 spiro atoms. The number of nitrogens with zero attached hydrogens (tertiary/aromatic N) is 3. The minimum absolute atomic E-state index is 0.130. The summed E-state index contributed by atoms with van der Waals surface area (Å²) in [6.45, 7) is 3.75. The molecule has 0 aliphatic heterocycles. The van der Waals surface area contributed by atoms with Crippen molar-refractivity contribution in [3.63, 3.8) is 0 Å². The van der Waals surface area contributed by atoms with Gasteiger partial charge in [0.2, 0.25) is 0 Å². The Morgan fingerprint density at radius 1 is 1.26 bits per heavy atom. The molecule has 3 aromatic rings. The summed E-state index contributed by atoms with van der Waals surface area (Å²) in [7, 11) is 0. The molecule has 6 heteroatoms. The van der Waals surface area contributed by atoms with Crippen LogP contribution in [0.2, 0.25) is 0 Å². The van der Waals surface area contributed by atoms with Gasteiger partial charge in [-0.2, -0.15) is 5.10 Å². The van der Waals surface area contributed by atoms with Crippen LogP contribution in [0.1, 0.15) is 28.6 Å². The number of carbonyl (C=O) groups is 1. The highest BCUT2D eigenvalue weighted by molar-refractivity contribution is 5.78. The highest BCUT2D eigenvalue weighted by Gasteiger charge is 2.25. The first-order valence-electron chi connectivity index (χ1n) is 7.29. The molecular weight excluding hydrogens is 294 g/mol. The number of benzene rings is 1. The van der Waals surface area contributed by atoms with Gasteiger partial charge >= 0.3 is 5.97 Å². The zero-order valence-corrected chi connectivity index (χ0v) is 13.0. The topological polar surface area (TPSA) is 70.2 Å². The minimum Gasteiger partial charge on any atom is -0.459 e. The zero-order valence-electron chi connectivity index (χ0n) is 13.0. The van der Waals surface area contributed by atoms with Crippen molar-refractivity contribution in [1.82, 2.24) is 14.9 Å². The summed E-state index contributed by atoms with van der Waals surface area (Å²) in [5, 5.41) is 8.04. The van der Waals surface area contributed by atoms with Crippen molar-refractivity contribution in [3.05, 3.63) is 71.4 Å². The number of carbonyl (C=O) groups excluding carboxylic acids is 1. The lowest BCUT2D eigenvalue weighted by Gasteiger charge is -2.17. The van der Waals surface area contributed by atoms with Crippen LogP contribution in [0.5, 0.6) is 0 Å². The highest BCUT2D eigenvalue weighted by Crippen LogP contribution is 2.21. The van der Waals surface area contributed by atoms with Crippen molar-refractivity contribution in [1.29, 1.82) is 0 Å². The molecule has 0 fully saturated rings. The molecule has 3 rings (SSSR count). The van der Waals surface area contributed by atoms with Gasteiger partial charge in [0.25, 0.3) is 0 Å². The molecule has 6 nitrogen and oxygen atoms in total. The second kappa shape index (κ2) is 6.48. The number of hydrogen-bond acceptors (Lipinski definition) is 5. The van der Waals surface area contributed by atoms with Crippen molar-refractivity contribution < 1.29 is 14.1 Å². The third-order valence-electron chi connectivity index (χ3n) is 3.67. The molecule has 0 aliphatic carbocycles. The fraction of sp³-hybridized carbons (Fsp3) is 0.235. The van der Waals surface area contributed by atoms with E-state index in [0.717, 1.165) is 16.8 Å². The van der Waals surface area contributed by atoms with E-state index in [1.165, 1.54) is 0 Å². The molecule has 1 atom stereocenters. The summed E-state index contributed by atoms with van der Waals surface area (Å²) in [4.78, 5) is 12.6. The van der Waals surface area contributed by atoms with Crippen LogP contribution in [-0.4, -0.2) is 20.9 Å². The second-order valence-corrected chi connectivity index (χ2v) is 5.21. The van der Waals surface area contributed by atoms with E-state index in [2.05, 4.69) is 10.3 Å². The monoisotopic (exact) mass is 311 g/mol. The molecular formula is C17H17N3O3. The van der Waals surface area contributed by atoms with Crippen LogP contribution in [0, 0.1) is 13.8 Å². The van der Waals surface area contributed by atoms with Gasteiger partial charge in [0.1, 0.15) is 12.4 Å². The number of aromatic nitrogens is 3. The Morgan fingerprint density at radius 3 is 2.65 bits per heavy atom. The van der Waals surface area contributed by atoms with E-state index in [0.29, 0.717) is 5.76 Å². The van der Waals surface area contributed by atoms with Crippen molar-refractivity contribution in [2.75, 3.05) is 0 Å². The lowest BCUT2D eigenvalue weighted by Crippen LogP contribution is -2.23. The highest BCUT2D eigenvalue weighted by atomic mass is 16.5. The third-order valence-corrected chi connectivity index (χ3v) is 3.67. The average Bonchev–Trinajstić information content (AvgIpc) is 3.18. The summed E-state index contributed by atoms with van der Waals surface area (Å²) >= 11 is 0. The Kier molecular flexibility index (Phi) is 4.23. The van der Waals surface area contributed by atoms with Gasteiger partial charge in [-0.05, 0) is 25.5 Å². The lowest BCUT2D eigenvalue weighted by molar-refractivity contribution is -0.148. The SMILES string of the molecule is Cc1noc(C)c1COC(=O)[C@@H](c1ccccc1)n1cccn1. The summed E-state index contributed by atoms with van der Waals surface area (Å²) in [5.74, 6) is 0.283. The maximum absolute atomic E-state index is 12.6. The first-order chi connectivity index (χ1) is 11.2. The molecule has 1 aromatic carbocycles. The van der Waals surface area contributed by atoms with Crippen molar-refractivity contribution in [2.24, 2.45) is 0 Å². The van der Waals surface area contributed by atoms with Crippen LogP contribution < -0.4 is 0 Å². The summed E-state index contributed by atoms with van der Waals surface area (Å²) in [5.41, 5.74) is 2.34. The predicted octanol–water partition coefficient (Wildman–Crippen LogP) is 2.82. The molecule has 2 aromatic heterocycles. The van der Waals surface area contributed by atoms with Gasteiger partial charge in [0.05, 0.1) is 11.3 Å². The second-order valence-electron chi connectivity index (χ2n) is 5.21. The van der Waals surface area contributed by atoms with Crippen LogP contribution >= 0.6 is 0 Å². The van der Waals surface area contributed by atoms with Crippen molar-refractivity contribution in [2.45, 2.75) is 26.5 Å². The molecule has 0 unspecified atom stereocenters. The normalized spacial score (nSPS) is 12.1. The molecule has 0 saturated carbocycles. The third kappa shape index (κ3) is 3.15. The van der Waals surface area contributed by atoms with Crippen molar-refractivity contribution in [3.8, 4) is 0 Å². The smallest absolute Gasteiger partial charge is 0.335 e. The molecule has 0 aliphatic rings. The van der Waals surface area contributed by atoms with Gasteiger partial charge in [0, 0.05) is 12.4 Å². The molecule has 118 valence electrons. The van der Waals surface area contributed by atoms with Gasteiger partial charge in [-0.1, -0.05) is 35.5 Å². The summed E-state index contributed by atoms with van der Waals surface area (Å²) in [6, 6.07) is 10.6. The molecule has 0 N–H and O–H groups in total. The van der Waals surface area contributed by atoms with Crippen molar-refractivity contribution >= 4 is 5.97 Å². The Hall–Kier alpha value is -2.89. The Morgan fingerprint density at radius 2 is 2.04 bits per heavy atom. The largest absolute Gasteiger partial charge is 0.459 e. The maximum atomic E-state index is 12.6. The molecule has 23 heavy (non-hydrogen) atoms. The van der Waals surface area contributed by atoms with Gasteiger partial charge in [-0.15, -0.1) is 0 Å². The molecule has 0 saturated heterocycles. The Labute approximate surface area is 133 Å². The standard InChI is InChI=1S/C17H17N3O3/c1-12-15(13(2)23-19-12)11-22-17(21)16(20-10-6-9-18-20)14-7-4-3-5-8-14/h3-10,16H,11H2,1-2H3/t16-/m1/s1. The quantitative estimate of drug-likeness (QED) is 0.678. The number of hydrogen-bond donors (Lipinski definition) is 0.